The van der Waals surface area contributed by atoms with Gasteiger partial charge in [0.05, 0.1) is 11.4 Å². The fourth-order valence-corrected chi connectivity index (χ4v) is 1.55. The third-order valence-electron chi connectivity index (χ3n) is 2.22. The first kappa shape index (κ1) is 10.1. The summed E-state index contributed by atoms with van der Waals surface area (Å²) in [5.74, 6) is 0. The summed E-state index contributed by atoms with van der Waals surface area (Å²) in [6.45, 7) is 3.81. The number of hydrogen-bond acceptors (Lipinski definition) is 3. The van der Waals surface area contributed by atoms with Crippen molar-refractivity contribution in [2.24, 2.45) is 0 Å². The minimum absolute atomic E-state index is 0.435. The van der Waals surface area contributed by atoms with Crippen LogP contribution in [0.2, 0.25) is 5.15 Å². The van der Waals surface area contributed by atoms with E-state index in [-0.39, 0.29) is 0 Å². The van der Waals surface area contributed by atoms with Crippen molar-refractivity contribution < 1.29 is 0 Å². The van der Waals surface area contributed by atoms with Crippen molar-refractivity contribution in [3.05, 3.63) is 41.1 Å². The summed E-state index contributed by atoms with van der Waals surface area (Å²) in [5, 5.41) is 0.435. The molecule has 0 unspecified atom stereocenters. The molecule has 0 saturated carbocycles. The lowest BCUT2D eigenvalue weighted by molar-refractivity contribution is 1.05. The van der Waals surface area contributed by atoms with Crippen LogP contribution in [0.5, 0.6) is 0 Å². The van der Waals surface area contributed by atoms with Crippen molar-refractivity contribution in [1.82, 2.24) is 15.0 Å². The van der Waals surface area contributed by atoms with Crippen molar-refractivity contribution >= 4 is 11.6 Å². The number of aryl methyl sites for hydroxylation is 2. The second kappa shape index (κ2) is 3.95. The molecule has 0 aromatic carbocycles. The van der Waals surface area contributed by atoms with E-state index >= 15 is 0 Å². The average Bonchev–Trinajstić information content (AvgIpc) is 2.25. The SMILES string of the molecule is Cc1nc(Cl)c(-c2ccncc2)nc1C. The molecule has 0 aliphatic carbocycles. The molecule has 2 aromatic heterocycles. The highest BCUT2D eigenvalue weighted by molar-refractivity contribution is 6.31. The summed E-state index contributed by atoms with van der Waals surface area (Å²) in [6, 6.07) is 3.73. The molecule has 3 nitrogen and oxygen atoms in total. The molecule has 15 heavy (non-hydrogen) atoms. The van der Waals surface area contributed by atoms with E-state index in [0.29, 0.717) is 10.8 Å². The predicted molar refractivity (Wildman–Crippen MR) is 59.7 cm³/mol. The van der Waals surface area contributed by atoms with Gasteiger partial charge in [-0.05, 0) is 26.0 Å². The lowest BCUT2D eigenvalue weighted by Gasteiger charge is -2.05. The standard InChI is InChI=1S/C11H10ClN3/c1-7-8(2)15-11(12)10(14-7)9-3-5-13-6-4-9/h3-6H,1-2H3. The molecule has 0 spiro atoms. The Bertz CT molecular complexity index is 483. The van der Waals surface area contributed by atoms with Crippen LogP contribution in [-0.4, -0.2) is 15.0 Å². The summed E-state index contributed by atoms with van der Waals surface area (Å²) < 4.78 is 0. The molecule has 0 fully saturated rings. The Labute approximate surface area is 93.2 Å². The van der Waals surface area contributed by atoms with E-state index in [1.54, 1.807) is 12.4 Å². The zero-order valence-corrected chi connectivity index (χ0v) is 9.28. The largest absolute Gasteiger partial charge is 0.265 e. The first-order chi connectivity index (χ1) is 7.18. The van der Waals surface area contributed by atoms with E-state index in [2.05, 4.69) is 15.0 Å². The van der Waals surface area contributed by atoms with Crippen LogP contribution >= 0.6 is 11.6 Å². The number of aromatic nitrogens is 3. The second-order valence-corrected chi connectivity index (χ2v) is 3.63. The zero-order valence-electron chi connectivity index (χ0n) is 8.53. The van der Waals surface area contributed by atoms with E-state index in [1.165, 1.54) is 0 Å². The maximum Gasteiger partial charge on any atom is 0.155 e. The van der Waals surface area contributed by atoms with Gasteiger partial charge < -0.3 is 0 Å². The molecule has 0 amide bonds. The normalized spacial score (nSPS) is 10.3. The van der Waals surface area contributed by atoms with Gasteiger partial charge in [0.1, 0.15) is 5.69 Å². The van der Waals surface area contributed by atoms with Crippen LogP contribution in [0, 0.1) is 13.8 Å². The minimum Gasteiger partial charge on any atom is -0.265 e. The van der Waals surface area contributed by atoms with Crippen LogP contribution in [0.25, 0.3) is 11.3 Å². The Morgan fingerprint density at radius 3 is 2.27 bits per heavy atom. The van der Waals surface area contributed by atoms with Gasteiger partial charge in [0, 0.05) is 18.0 Å². The summed E-state index contributed by atoms with van der Waals surface area (Å²) in [4.78, 5) is 12.6. The fraction of sp³-hybridized carbons (Fsp3) is 0.182. The predicted octanol–water partition coefficient (Wildman–Crippen LogP) is 2.81. The number of nitrogens with zero attached hydrogens (tertiary/aromatic N) is 3. The highest BCUT2D eigenvalue weighted by Crippen LogP contribution is 2.24. The molecule has 2 aromatic rings. The van der Waals surface area contributed by atoms with Crippen LogP contribution in [-0.2, 0) is 0 Å². The van der Waals surface area contributed by atoms with E-state index in [1.807, 2.05) is 26.0 Å². The maximum atomic E-state index is 6.04. The molecule has 0 radical (unpaired) electrons. The van der Waals surface area contributed by atoms with Gasteiger partial charge in [-0.15, -0.1) is 0 Å². The molecule has 0 aliphatic heterocycles. The van der Waals surface area contributed by atoms with Crippen molar-refractivity contribution in [3.63, 3.8) is 0 Å². The number of pyridine rings is 1. The van der Waals surface area contributed by atoms with Crippen molar-refractivity contribution in [2.45, 2.75) is 13.8 Å². The van der Waals surface area contributed by atoms with Crippen LogP contribution in [0.1, 0.15) is 11.4 Å². The molecular weight excluding hydrogens is 210 g/mol. The Balaban J connectivity index is 2.59. The maximum absolute atomic E-state index is 6.04. The summed E-state index contributed by atoms with van der Waals surface area (Å²) in [5.41, 5.74) is 3.40. The molecule has 0 bridgehead atoms. The minimum atomic E-state index is 0.435. The zero-order chi connectivity index (χ0) is 10.8. The molecule has 0 aliphatic rings. The Morgan fingerprint density at radius 1 is 1.00 bits per heavy atom. The molecular formula is C11H10ClN3. The number of halogens is 1. The third kappa shape index (κ3) is 1.97. The quantitative estimate of drug-likeness (QED) is 0.740. The summed E-state index contributed by atoms with van der Waals surface area (Å²) >= 11 is 6.04. The molecule has 0 atom stereocenters. The molecule has 76 valence electrons. The lowest BCUT2D eigenvalue weighted by Crippen LogP contribution is -1.96. The van der Waals surface area contributed by atoms with Gasteiger partial charge in [-0.2, -0.15) is 0 Å². The molecule has 0 saturated heterocycles. The van der Waals surface area contributed by atoms with Crippen LogP contribution in [0.3, 0.4) is 0 Å². The third-order valence-corrected chi connectivity index (χ3v) is 2.48. The van der Waals surface area contributed by atoms with Crippen molar-refractivity contribution in [2.75, 3.05) is 0 Å². The monoisotopic (exact) mass is 219 g/mol. The van der Waals surface area contributed by atoms with Gasteiger partial charge in [-0.25, -0.2) is 9.97 Å². The first-order valence-corrected chi connectivity index (χ1v) is 4.97. The van der Waals surface area contributed by atoms with Crippen LogP contribution in [0.15, 0.2) is 24.5 Å². The van der Waals surface area contributed by atoms with Gasteiger partial charge in [0.2, 0.25) is 0 Å². The van der Waals surface area contributed by atoms with Crippen molar-refractivity contribution in [3.8, 4) is 11.3 Å². The van der Waals surface area contributed by atoms with Gasteiger partial charge >= 0.3 is 0 Å². The number of rotatable bonds is 1. The number of hydrogen-bond donors (Lipinski definition) is 0. The summed E-state index contributed by atoms with van der Waals surface area (Å²) in [6.07, 6.45) is 3.42. The highest BCUT2D eigenvalue weighted by Gasteiger charge is 2.08. The average molecular weight is 220 g/mol. The molecule has 2 rings (SSSR count). The van der Waals surface area contributed by atoms with Crippen LogP contribution < -0.4 is 0 Å². The van der Waals surface area contributed by atoms with E-state index in [0.717, 1.165) is 17.0 Å². The topological polar surface area (TPSA) is 38.7 Å². The second-order valence-electron chi connectivity index (χ2n) is 3.27. The first-order valence-electron chi connectivity index (χ1n) is 4.59. The van der Waals surface area contributed by atoms with Gasteiger partial charge in [-0.3, -0.25) is 4.98 Å². The molecule has 2 heterocycles. The van der Waals surface area contributed by atoms with Gasteiger partial charge in [0.15, 0.2) is 5.15 Å². The fourth-order valence-electron chi connectivity index (χ4n) is 1.27. The Morgan fingerprint density at radius 2 is 1.60 bits per heavy atom. The lowest BCUT2D eigenvalue weighted by atomic mass is 10.2. The summed E-state index contributed by atoms with van der Waals surface area (Å²) in [7, 11) is 0. The van der Waals surface area contributed by atoms with E-state index < -0.39 is 0 Å². The van der Waals surface area contributed by atoms with Gasteiger partial charge in [0.25, 0.3) is 0 Å². The highest BCUT2D eigenvalue weighted by atomic mass is 35.5. The van der Waals surface area contributed by atoms with Crippen LogP contribution in [0.4, 0.5) is 0 Å². The van der Waals surface area contributed by atoms with Gasteiger partial charge in [-0.1, -0.05) is 11.6 Å². The van der Waals surface area contributed by atoms with Crippen molar-refractivity contribution in [1.29, 1.82) is 0 Å². The molecule has 0 N–H and O–H groups in total. The Kier molecular flexibility index (Phi) is 2.64. The van der Waals surface area contributed by atoms with E-state index in [9.17, 15) is 0 Å². The smallest absolute Gasteiger partial charge is 0.155 e. The Hall–Kier alpha value is -1.48. The molecule has 4 heteroatoms. The van der Waals surface area contributed by atoms with E-state index in [4.69, 9.17) is 11.6 Å².